The van der Waals surface area contributed by atoms with Gasteiger partial charge in [-0.15, -0.1) is 0 Å². The lowest BCUT2D eigenvalue weighted by Crippen LogP contribution is -2.11. The van der Waals surface area contributed by atoms with Crippen molar-refractivity contribution in [2.75, 3.05) is 5.32 Å². The Bertz CT molecular complexity index is 576. The van der Waals surface area contributed by atoms with Crippen molar-refractivity contribution in [3.63, 3.8) is 0 Å². The quantitative estimate of drug-likeness (QED) is 0.824. The fraction of sp³-hybridized carbons (Fsp3) is 0.100. The molecule has 0 spiro atoms. The average molecular weight is 235 g/mol. The van der Waals surface area contributed by atoms with Crippen molar-refractivity contribution in [3.05, 3.63) is 23.8 Å². The largest absolute Gasteiger partial charge is 0.366 e. The summed E-state index contributed by atoms with van der Waals surface area (Å²) in [7, 11) is 0. The summed E-state index contributed by atoms with van der Waals surface area (Å²) in [4.78, 5) is 26.2. The molecular weight excluding hydrogens is 226 g/mol. The van der Waals surface area contributed by atoms with Gasteiger partial charge in [0.25, 0.3) is 5.91 Å². The van der Waals surface area contributed by atoms with Crippen molar-refractivity contribution >= 4 is 38.5 Å². The third kappa shape index (κ3) is 1.87. The highest BCUT2D eigenvalue weighted by molar-refractivity contribution is 7.22. The first-order valence-electron chi connectivity index (χ1n) is 4.55. The van der Waals surface area contributed by atoms with Gasteiger partial charge in [0.15, 0.2) is 5.13 Å². The van der Waals surface area contributed by atoms with Crippen molar-refractivity contribution in [1.82, 2.24) is 4.98 Å². The summed E-state index contributed by atoms with van der Waals surface area (Å²) in [5, 5.41) is 3.05. The minimum absolute atomic E-state index is 0.195. The highest BCUT2D eigenvalue weighted by Crippen LogP contribution is 2.27. The molecule has 1 aromatic heterocycles. The number of hydrogen-bond acceptors (Lipinski definition) is 4. The van der Waals surface area contributed by atoms with E-state index in [1.54, 1.807) is 12.1 Å². The van der Waals surface area contributed by atoms with Crippen molar-refractivity contribution in [1.29, 1.82) is 0 Å². The van der Waals surface area contributed by atoms with Crippen LogP contribution < -0.4 is 11.1 Å². The Labute approximate surface area is 95.3 Å². The molecule has 2 rings (SSSR count). The third-order valence-electron chi connectivity index (χ3n) is 1.97. The van der Waals surface area contributed by atoms with Crippen LogP contribution in [0.4, 0.5) is 5.13 Å². The smallest absolute Gasteiger partial charge is 0.250 e. The van der Waals surface area contributed by atoms with Gasteiger partial charge in [0.2, 0.25) is 5.91 Å². The highest BCUT2D eigenvalue weighted by Gasteiger charge is 2.11. The molecule has 0 aliphatic rings. The summed E-state index contributed by atoms with van der Waals surface area (Å²) in [6.45, 7) is 1.40. The third-order valence-corrected chi connectivity index (χ3v) is 2.90. The van der Waals surface area contributed by atoms with E-state index in [-0.39, 0.29) is 5.91 Å². The Kier molecular flexibility index (Phi) is 2.57. The zero-order valence-corrected chi connectivity index (χ0v) is 9.30. The number of nitrogens with one attached hydrogen (secondary N) is 1. The van der Waals surface area contributed by atoms with E-state index in [2.05, 4.69) is 10.3 Å². The Hall–Kier alpha value is -1.95. The average Bonchev–Trinajstić information content (AvgIpc) is 2.57. The number of anilines is 1. The number of amides is 2. The predicted octanol–water partition coefficient (Wildman–Crippen LogP) is 1.35. The molecule has 1 heterocycles. The number of nitrogens with two attached hydrogens (primary N) is 1. The Morgan fingerprint density at radius 1 is 1.44 bits per heavy atom. The van der Waals surface area contributed by atoms with Gasteiger partial charge >= 0.3 is 0 Å². The van der Waals surface area contributed by atoms with Crippen LogP contribution in [-0.2, 0) is 4.79 Å². The van der Waals surface area contributed by atoms with Crippen LogP contribution in [0.2, 0.25) is 0 Å². The molecule has 2 amide bonds. The number of nitrogens with zero attached hydrogens (tertiary/aromatic N) is 1. The Morgan fingerprint density at radius 2 is 2.19 bits per heavy atom. The van der Waals surface area contributed by atoms with Gasteiger partial charge in [-0.1, -0.05) is 17.4 Å². The second-order valence-electron chi connectivity index (χ2n) is 3.22. The zero-order chi connectivity index (χ0) is 11.7. The van der Waals surface area contributed by atoms with Crippen LogP contribution in [-0.4, -0.2) is 16.8 Å². The molecule has 0 radical (unpaired) electrons. The van der Waals surface area contributed by atoms with E-state index < -0.39 is 5.91 Å². The Balaban J connectivity index is 2.56. The summed E-state index contributed by atoms with van der Waals surface area (Å²) in [5.41, 5.74) is 6.13. The van der Waals surface area contributed by atoms with E-state index in [0.29, 0.717) is 16.2 Å². The van der Waals surface area contributed by atoms with Gasteiger partial charge in [0.05, 0.1) is 15.8 Å². The molecule has 0 unspecified atom stereocenters. The van der Waals surface area contributed by atoms with E-state index in [1.807, 2.05) is 6.07 Å². The standard InChI is InChI=1S/C10H9N3O2S/c1-5(14)12-10-13-8-6(9(11)15)3-2-4-7(8)16-10/h2-4H,1H3,(H2,11,15)(H,12,13,14). The first-order chi connectivity index (χ1) is 7.58. The molecule has 2 aromatic rings. The van der Waals surface area contributed by atoms with Gasteiger partial charge in [-0.05, 0) is 12.1 Å². The van der Waals surface area contributed by atoms with Crippen molar-refractivity contribution < 1.29 is 9.59 Å². The fourth-order valence-corrected chi connectivity index (χ4v) is 2.29. The van der Waals surface area contributed by atoms with Crippen molar-refractivity contribution in [2.24, 2.45) is 5.73 Å². The van der Waals surface area contributed by atoms with Crippen LogP contribution in [0, 0.1) is 0 Å². The van der Waals surface area contributed by atoms with Gasteiger partial charge in [0, 0.05) is 6.92 Å². The van der Waals surface area contributed by atoms with Crippen LogP contribution in [0.5, 0.6) is 0 Å². The topological polar surface area (TPSA) is 85.1 Å². The molecule has 0 aliphatic heterocycles. The second kappa shape index (κ2) is 3.90. The van der Waals surface area contributed by atoms with Gasteiger partial charge in [-0.25, -0.2) is 4.98 Å². The maximum atomic E-state index is 11.1. The molecule has 0 fully saturated rings. The number of aromatic nitrogens is 1. The number of rotatable bonds is 2. The van der Waals surface area contributed by atoms with Crippen molar-refractivity contribution in [3.8, 4) is 0 Å². The summed E-state index contributed by atoms with van der Waals surface area (Å²) in [6, 6.07) is 5.17. The van der Waals surface area contributed by atoms with E-state index in [0.717, 1.165) is 4.70 Å². The normalized spacial score (nSPS) is 10.3. The lowest BCUT2D eigenvalue weighted by Gasteiger charge is -1.94. The number of primary amides is 1. The minimum Gasteiger partial charge on any atom is -0.366 e. The monoisotopic (exact) mass is 235 g/mol. The van der Waals surface area contributed by atoms with E-state index in [1.165, 1.54) is 18.3 Å². The summed E-state index contributed by atoms with van der Waals surface area (Å²) in [6.07, 6.45) is 0. The SMILES string of the molecule is CC(=O)Nc1nc2c(C(N)=O)cccc2s1. The molecule has 0 bridgehead atoms. The molecule has 3 N–H and O–H groups in total. The number of fused-ring (bicyclic) bond motifs is 1. The first kappa shape index (κ1) is 10.6. The number of carbonyl (C=O) groups is 2. The van der Waals surface area contributed by atoms with Crippen LogP contribution in [0.25, 0.3) is 10.2 Å². The molecule has 0 atom stereocenters. The first-order valence-corrected chi connectivity index (χ1v) is 5.36. The van der Waals surface area contributed by atoms with E-state index >= 15 is 0 Å². The molecule has 5 nitrogen and oxygen atoms in total. The van der Waals surface area contributed by atoms with Gasteiger partial charge in [-0.3, -0.25) is 9.59 Å². The molecule has 6 heteroatoms. The van der Waals surface area contributed by atoms with E-state index in [9.17, 15) is 9.59 Å². The lowest BCUT2D eigenvalue weighted by molar-refractivity contribution is -0.114. The zero-order valence-electron chi connectivity index (χ0n) is 8.48. The van der Waals surface area contributed by atoms with E-state index in [4.69, 9.17) is 5.73 Å². The fourth-order valence-electron chi connectivity index (χ4n) is 1.35. The lowest BCUT2D eigenvalue weighted by atomic mass is 10.2. The van der Waals surface area contributed by atoms with Crippen LogP contribution >= 0.6 is 11.3 Å². The summed E-state index contributed by atoms with van der Waals surface area (Å²) < 4.78 is 0.819. The number of hydrogen-bond donors (Lipinski definition) is 2. The predicted molar refractivity (Wildman–Crippen MR) is 62.4 cm³/mol. The van der Waals surface area contributed by atoms with Gasteiger partial charge < -0.3 is 11.1 Å². The van der Waals surface area contributed by atoms with Crippen LogP contribution in [0.3, 0.4) is 0 Å². The minimum atomic E-state index is -0.523. The summed E-state index contributed by atoms with van der Waals surface area (Å²) in [5.74, 6) is -0.718. The second-order valence-corrected chi connectivity index (χ2v) is 4.25. The maximum Gasteiger partial charge on any atom is 0.250 e. The molecular formula is C10H9N3O2S. The molecule has 0 saturated carbocycles. The number of para-hydroxylation sites is 1. The molecule has 82 valence electrons. The van der Waals surface area contributed by atoms with Crippen molar-refractivity contribution in [2.45, 2.75) is 6.92 Å². The number of carbonyl (C=O) groups excluding carboxylic acids is 2. The van der Waals surface area contributed by atoms with Crippen LogP contribution in [0.15, 0.2) is 18.2 Å². The molecule has 0 aliphatic carbocycles. The molecule has 1 aromatic carbocycles. The molecule has 0 saturated heterocycles. The van der Waals surface area contributed by atoms with Gasteiger partial charge in [-0.2, -0.15) is 0 Å². The summed E-state index contributed by atoms with van der Waals surface area (Å²) >= 11 is 1.31. The highest BCUT2D eigenvalue weighted by atomic mass is 32.1. The van der Waals surface area contributed by atoms with Crippen LogP contribution in [0.1, 0.15) is 17.3 Å². The maximum absolute atomic E-state index is 11.1. The Morgan fingerprint density at radius 3 is 2.81 bits per heavy atom. The molecule has 16 heavy (non-hydrogen) atoms. The number of thiazole rings is 1. The van der Waals surface area contributed by atoms with Gasteiger partial charge in [0.1, 0.15) is 0 Å². The number of benzene rings is 1.